The fourth-order valence-electron chi connectivity index (χ4n) is 2.57. The van der Waals surface area contributed by atoms with Crippen molar-refractivity contribution < 1.29 is 5.11 Å². The maximum Gasteiger partial charge on any atom is 0.0471 e. The van der Waals surface area contributed by atoms with Gasteiger partial charge in [-0.15, -0.1) is 0 Å². The van der Waals surface area contributed by atoms with Crippen molar-refractivity contribution in [1.29, 1.82) is 0 Å². The molecule has 0 aromatic heterocycles. The Kier molecular flexibility index (Phi) is 2.93. The molecule has 2 N–H and O–H groups in total. The third-order valence-electron chi connectivity index (χ3n) is 3.98. The zero-order chi connectivity index (χ0) is 10.1. The summed E-state index contributed by atoms with van der Waals surface area (Å²) >= 11 is 0. The van der Waals surface area contributed by atoms with Crippen molar-refractivity contribution in [2.45, 2.75) is 38.8 Å². The number of hydrogen-bond acceptors (Lipinski definition) is 2. The lowest BCUT2D eigenvalue weighted by atomic mass is 9.71. The van der Waals surface area contributed by atoms with E-state index in [4.69, 9.17) is 5.11 Å². The lowest BCUT2D eigenvalue weighted by Gasteiger charge is -2.43. The average molecular weight is 195 g/mol. The summed E-state index contributed by atoms with van der Waals surface area (Å²) in [5.74, 6) is 2.06. The molecule has 0 radical (unpaired) electrons. The number of rotatable bonds is 4. The topological polar surface area (TPSA) is 32.3 Å². The Hall–Kier alpha value is -0.340. The number of fused-ring (bicyclic) bond motifs is 1. The van der Waals surface area contributed by atoms with Crippen LogP contribution in [0.2, 0.25) is 0 Å². The first-order valence-corrected chi connectivity index (χ1v) is 5.76. The van der Waals surface area contributed by atoms with E-state index in [0.717, 1.165) is 11.8 Å². The number of aliphatic hydroxyl groups is 1. The van der Waals surface area contributed by atoms with E-state index < -0.39 is 0 Å². The predicted octanol–water partition coefficient (Wildman–Crippen LogP) is 1.56. The van der Waals surface area contributed by atoms with Crippen LogP contribution < -0.4 is 5.32 Å². The molecule has 0 amide bonds. The first kappa shape index (κ1) is 10.2. The highest BCUT2D eigenvalue weighted by atomic mass is 16.3. The number of nitrogens with one attached hydrogen (secondary N) is 1. The maximum absolute atomic E-state index is 9.04. The quantitative estimate of drug-likeness (QED) is 0.667. The molecule has 0 saturated heterocycles. The number of aliphatic hydroxyl groups excluding tert-OH is 1. The van der Waals surface area contributed by atoms with Gasteiger partial charge in [0.2, 0.25) is 0 Å². The summed E-state index contributed by atoms with van der Waals surface area (Å²) in [7, 11) is 0. The van der Waals surface area contributed by atoms with Crippen LogP contribution in [-0.2, 0) is 0 Å². The first-order chi connectivity index (χ1) is 6.72. The zero-order valence-corrected chi connectivity index (χ0v) is 9.11. The minimum absolute atomic E-state index is 0.283. The van der Waals surface area contributed by atoms with Crippen molar-refractivity contribution >= 4 is 0 Å². The lowest BCUT2D eigenvalue weighted by Crippen LogP contribution is -2.52. The SMILES string of the molecule is CC(CO)C(C)NC1CC2CC=CC21. The van der Waals surface area contributed by atoms with E-state index in [9.17, 15) is 0 Å². The van der Waals surface area contributed by atoms with Gasteiger partial charge in [0.1, 0.15) is 0 Å². The Labute approximate surface area is 86.4 Å². The van der Waals surface area contributed by atoms with Gasteiger partial charge < -0.3 is 10.4 Å². The van der Waals surface area contributed by atoms with Crippen LogP contribution in [0.3, 0.4) is 0 Å². The summed E-state index contributed by atoms with van der Waals surface area (Å²) in [5, 5.41) is 12.7. The lowest BCUT2D eigenvalue weighted by molar-refractivity contribution is 0.126. The Morgan fingerprint density at radius 2 is 2.29 bits per heavy atom. The van der Waals surface area contributed by atoms with Crippen LogP contribution in [-0.4, -0.2) is 23.8 Å². The largest absolute Gasteiger partial charge is 0.396 e. The van der Waals surface area contributed by atoms with Gasteiger partial charge in [-0.1, -0.05) is 19.1 Å². The molecular formula is C12H21NO. The van der Waals surface area contributed by atoms with Crippen molar-refractivity contribution in [3.8, 4) is 0 Å². The van der Waals surface area contributed by atoms with Gasteiger partial charge in [-0.2, -0.15) is 0 Å². The van der Waals surface area contributed by atoms with E-state index in [2.05, 4.69) is 31.3 Å². The molecule has 2 heteroatoms. The van der Waals surface area contributed by atoms with Gasteiger partial charge in [-0.25, -0.2) is 0 Å². The molecule has 1 saturated carbocycles. The first-order valence-electron chi connectivity index (χ1n) is 5.76. The summed E-state index contributed by atoms with van der Waals surface area (Å²) in [6.45, 7) is 4.55. The summed E-state index contributed by atoms with van der Waals surface area (Å²) < 4.78 is 0. The van der Waals surface area contributed by atoms with E-state index in [0.29, 0.717) is 18.0 Å². The van der Waals surface area contributed by atoms with Gasteiger partial charge in [0.05, 0.1) is 0 Å². The van der Waals surface area contributed by atoms with Crippen molar-refractivity contribution in [3.63, 3.8) is 0 Å². The number of hydrogen-bond donors (Lipinski definition) is 2. The smallest absolute Gasteiger partial charge is 0.0471 e. The molecule has 0 bridgehead atoms. The Balaban J connectivity index is 1.79. The van der Waals surface area contributed by atoms with Gasteiger partial charge in [0.25, 0.3) is 0 Å². The van der Waals surface area contributed by atoms with Crippen LogP contribution in [0, 0.1) is 17.8 Å². The van der Waals surface area contributed by atoms with Crippen LogP contribution in [0.5, 0.6) is 0 Å². The minimum Gasteiger partial charge on any atom is -0.396 e. The highest BCUT2D eigenvalue weighted by Crippen LogP contribution is 2.42. The molecule has 2 rings (SSSR count). The molecule has 2 aliphatic carbocycles. The fraction of sp³-hybridized carbons (Fsp3) is 0.833. The van der Waals surface area contributed by atoms with Crippen LogP contribution >= 0.6 is 0 Å². The summed E-state index contributed by atoms with van der Waals surface area (Å²) in [5.41, 5.74) is 0. The molecule has 2 nitrogen and oxygen atoms in total. The second-order valence-electron chi connectivity index (χ2n) is 4.96. The molecule has 0 aromatic rings. The van der Waals surface area contributed by atoms with Crippen LogP contribution in [0.1, 0.15) is 26.7 Å². The van der Waals surface area contributed by atoms with E-state index in [-0.39, 0.29) is 6.61 Å². The Morgan fingerprint density at radius 1 is 1.50 bits per heavy atom. The highest BCUT2D eigenvalue weighted by Gasteiger charge is 2.41. The van der Waals surface area contributed by atoms with Gasteiger partial charge >= 0.3 is 0 Å². The minimum atomic E-state index is 0.283. The summed E-state index contributed by atoms with van der Waals surface area (Å²) in [6, 6.07) is 1.10. The van der Waals surface area contributed by atoms with E-state index in [1.54, 1.807) is 0 Å². The third-order valence-corrected chi connectivity index (χ3v) is 3.98. The van der Waals surface area contributed by atoms with Gasteiger partial charge in [-0.3, -0.25) is 0 Å². The van der Waals surface area contributed by atoms with Crippen LogP contribution in [0.4, 0.5) is 0 Å². The normalized spacial score (nSPS) is 38.9. The van der Waals surface area contributed by atoms with Crippen molar-refractivity contribution in [1.82, 2.24) is 5.32 Å². The highest BCUT2D eigenvalue weighted by molar-refractivity contribution is 5.13. The third kappa shape index (κ3) is 1.73. The van der Waals surface area contributed by atoms with Crippen molar-refractivity contribution in [3.05, 3.63) is 12.2 Å². The average Bonchev–Trinajstić information content (AvgIpc) is 2.54. The van der Waals surface area contributed by atoms with Crippen LogP contribution in [0.25, 0.3) is 0 Å². The Morgan fingerprint density at radius 3 is 2.93 bits per heavy atom. The molecule has 0 aromatic carbocycles. The van der Waals surface area contributed by atoms with Gasteiger partial charge in [0, 0.05) is 18.7 Å². The van der Waals surface area contributed by atoms with Gasteiger partial charge in [-0.05, 0) is 37.5 Å². The molecule has 5 unspecified atom stereocenters. The van der Waals surface area contributed by atoms with E-state index >= 15 is 0 Å². The fourth-order valence-corrected chi connectivity index (χ4v) is 2.57. The molecule has 0 aliphatic heterocycles. The molecule has 14 heavy (non-hydrogen) atoms. The second kappa shape index (κ2) is 4.03. The molecule has 0 heterocycles. The molecule has 5 atom stereocenters. The predicted molar refractivity (Wildman–Crippen MR) is 58.0 cm³/mol. The maximum atomic E-state index is 9.04. The molecule has 1 fully saturated rings. The molecule has 80 valence electrons. The summed E-state index contributed by atoms with van der Waals surface area (Å²) in [4.78, 5) is 0. The molecule has 0 spiro atoms. The van der Waals surface area contributed by atoms with Crippen molar-refractivity contribution in [2.75, 3.05) is 6.61 Å². The van der Waals surface area contributed by atoms with E-state index in [1.165, 1.54) is 12.8 Å². The molecule has 2 aliphatic rings. The van der Waals surface area contributed by atoms with E-state index in [1.807, 2.05) is 0 Å². The van der Waals surface area contributed by atoms with Crippen LogP contribution in [0.15, 0.2) is 12.2 Å². The molecular weight excluding hydrogens is 174 g/mol. The number of allylic oxidation sites excluding steroid dienone is 1. The summed E-state index contributed by atoms with van der Waals surface area (Å²) in [6.07, 6.45) is 7.28. The monoisotopic (exact) mass is 195 g/mol. The Bertz CT molecular complexity index is 226. The zero-order valence-electron chi connectivity index (χ0n) is 9.11. The van der Waals surface area contributed by atoms with Gasteiger partial charge in [0.15, 0.2) is 0 Å². The standard InChI is InChI=1S/C12H21NO/c1-8(7-14)9(2)13-12-6-10-4-3-5-11(10)12/h3,5,8-14H,4,6-7H2,1-2H3. The second-order valence-corrected chi connectivity index (χ2v) is 4.96. The van der Waals surface area contributed by atoms with Crippen molar-refractivity contribution in [2.24, 2.45) is 17.8 Å².